The van der Waals surface area contributed by atoms with E-state index in [0.29, 0.717) is 0 Å². The minimum Gasteiger partial charge on any atom is -0.455 e. The Kier molecular flexibility index (Phi) is 9.12. The SMILES string of the molecule is CC(C)(C)c1ccc2c(c1)C(C)(c1ccccc1)c1cc(C(C)(C)C)cc(N(c3ccc(-c4cccc5ccccc45)cc3)c3ccc(-c4cccc5c4oc4ccccc45)cc3)c1-2. The summed E-state index contributed by atoms with van der Waals surface area (Å²) >= 11 is 0. The van der Waals surface area contributed by atoms with E-state index in [9.17, 15) is 0 Å². The predicted octanol–water partition coefficient (Wildman–Crippen LogP) is 17.5. The second kappa shape index (κ2) is 14.7. The Morgan fingerprint density at radius 2 is 1.00 bits per heavy atom. The quantitative estimate of drug-likeness (QED) is 0.166. The molecule has 0 radical (unpaired) electrons. The van der Waals surface area contributed by atoms with Gasteiger partial charge < -0.3 is 9.32 Å². The summed E-state index contributed by atoms with van der Waals surface area (Å²) in [5, 5.41) is 4.77. The summed E-state index contributed by atoms with van der Waals surface area (Å²) in [6.07, 6.45) is 0. The standard InChI is InChI=1S/C62H53NO/c1-60(2,3)44-31-36-53-54(37-44)62(7,43-19-9-8-10-20-43)55-38-45(61(4,5)6)39-56(58(53)55)63(46-32-27-41(28-33-46)49-23-15-18-40-17-11-12-21-48(40)49)47-34-29-42(30-35-47)50-24-16-25-52-51-22-13-14-26-57(51)64-59(50)52/h8-39H,1-7H3. The number of rotatable bonds is 6. The Bertz CT molecular complexity index is 3390. The van der Waals surface area contributed by atoms with Crippen LogP contribution in [0.15, 0.2) is 199 Å². The molecule has 1 aliphatic carbocycles. The zero-order chi connectivity index (χ0) is 44.0. The molecule has 0 saturated heterocycles. The minimum atomic E-state index is -0.387. The van der Waals surface area contributed by atoms with Gasteiger partial charge in [0.05, 0.1) is 5.69 Å². The minimum absolute atomic E-state index is 0.00684. The highest BCUT2D eigenvalue weighted by molar-refractivity contribution is 6.09. The highest BCUT2D eigenvalue weighted by Gasteiger charge is 2.44. The number of nitrogens with zero attached hydrogens (tertiary/aromatic N) is 1. The fourth-order valence-electron chi connectivity index (χ4n) is 10.2. The van der Waals surface area contributed by atoms with Gasteiger partial charge in [-0.2, -0.15) is 0 Å². The van der Waals surface area contributed by atoms with Crippen molar-refractivity contribution < 1.29 is 4.42 Å². The fraction of sp³-hybridized carbons (Fsp3) is 0.161. The number of para-hydroxylation sites is 2. The lowest BCUT2D eigenvalue weighted by Gasteiger charge is -2.33. The summed E-state index contributed by atoms with van der Waals surface area (Å²) in [6, 6.07) is 71.8. The van der Waals surface area contributed by atoms with Crippen molar-refractivity contribution >= 4 is 49.8 Å². The van der Waals surface area contributed by atoms with Gasteiger partial charge in [0.15, 0.2) is 0 Å². The normalized spacial score (nSPS) is 14.9. The van der Waals surface area contributed by atoms with Gasteiger partial charge in [-0.3, -0.25) is 0 Å². The van der Waals surface area contributed by atoms with Crippen LogP contribution in [0.3, 0.4) is 0 Å². The highest BCUT2D eigenvalue weighted by atomic mass is 16.3. The van der Waals surface area contributed by atoms with Crippen LogP contribution < -0.4 is 4.90 Å². The van der Waals surface area contributed by atoms with Gasteiger partial charge in [0, 0.05) is 38.7 Å². The van der Waals surface area contributed by atoms with Crippen LogP contribution >= 0.6 is 0 Å². The molecule has 0 fully saturated rings. The summed E-state index contributed by atoms with van der Waals surface area (Å²) in [6.45, 7) is 16.4. The molecule has 1 atom stereocenters. The molecule has 0 bridgehead atoms. The van der Waals surface area contributed by atoms with Crippen molar-refractivity contribution in [1.82, 2.24) is 0 Å². The summed E-state index contributed by atoms with van der Waals surface area (Å²) in [5.74, 6) is 0. The van der Waals surface area contributed by atoms with Crippen molar-refractivity contribution in [3.05, 3.63) is 222 Å². The zero-order valence-corrected chi connectivity index (χ0v) is 37.8. The zero-order valence-electron chi connectivity index (χ0n) is 37.8. The number of fused-ring (bicyclic) bond motifs is 7. The number of hydrogen-bond donors (Lipinski definition) is 0. The van der Waals surface area contributed by atoms with E-state index in [0.717, 1.165) is 44.4 Å². The van der Waals surface area contributed by atoms with E-state index < -0.39 is 0 Å². The number of anilines is 3. The van der Waals surface area contributed by atoms with Crippen molar-refractivity contribution in [3.8, 4) is 33.4 Å². The lowest BCUT2D eigenvalue weighted by molar-refractivity contribution is 0.584. The van der Waals surface area contributed by atoms with Crippen molar-refractivity contribution in [2.75, 3.05) is 4.90 Å². The van der Waals surface area contributed by atoms with Gasteiger partial charge in [-0.15, -0.1) is 0 Å². The monoisotopic (exact) mass is 827 g/mol. The van der Waals surface area contributed by atoms with Gasteiger partial charge in [0.25, 0.3) is 0 Å². The van der Waals surface area contributed by atoms with E-state index in [1.165, 1.54) is 66.5 Å². The second-order valence-electron chi connectivity index (χ2n) is 19.9. The third-order valence-corrected chi connectivity index (χ3v) is 13.9. The molecule has 1 unspecified atom stereocenters. The molecule has 1 aromatic heterocycles. The molecule has 11 rings (SSSR count). The van der Waals surface area contributed by atoms with Crippen LogP contribution in [0.4, 0.5) is 17.1 Å². The first-order valence-electron chi connectivity index (χ1n) is 22.7. The maximum atomic E-state index is 6.53. The number of hydrogen-bond acceptors (Lipinski definition) is 2. The van der Waals surface area contributed by atoms with Gasteiger partial charge in [0.2, 0.25) is 0 Å². The Hall–Kier alpha value is -7.16. The first kappa shape index (κ1) is 39.7. The lowest BCUT2D eigenvalue weighted by atomic mass is 9.72. The molecule has 0 saturated carbocycles. The summed E-state index contributed by atoms with van der Waals surface area (Å²) < 4.78 is 6.53. The van der Waals surface area contributed by atoms with E-state index in [1.54, 1.807) is 0 Å². The lowest BCUT2D eigenvalue weighted by Crippen LogP contribution is -2.25. The Morgan fingerprint density at radius 3 is 1.70 bits per heavy atom. The fourth-order valence-corrected chi connectivity index (χ4v) is 10.2. The maximum absolute atomic E-state index is 6.53. The smallest absolute Gasteiger partial charge is 0.143 e. The van der Waals surface area contributed by atoms with E-state index in [1.807, 2.05) is 6.07 Å². The molecule has 9 aromatic carbocycles. The van der Waals surface area contributed by atoms with E-state index in [2.05, 4.69) is 241 Å². The van der Waals surface area contributed by atoms with Crippen LogP contribution in [0, 0.1) is 0 Å². The van der Waals surface area contributed by atoms with Crippen molar-refractivity contribution in [2.24, 2.45) is 0 Å². The molecule has 0 N–H and O–H groups in total. The summed E-state index contributed by atoms with van der Waals surface area (Å²) in [7, 11) is 0. The average molecular weight is 828 g/mol. The van der Waals surface area contributed by atoms with Crippen molar-refractivity contribution in [3.63, 3.8) is 0 Å². The van der Waals surface area contributed by atoms with Crippen LogP contribution in [-0.4, -0.2) is 0 Å². The average Bonchev–Trinajstić information content (AvgIpc) is 3.82. The highest BCUT2D eigenvalue weighted by Crippen LogP contribution is 2.58. The van der Waals surface area contributed by atoms with Crippen LogP contribution in [0.25, 0.3) is 66.1 Å². The van der Waals surface area contributed by atoms with Gasteiger partial charge in [-0.25, -0.2) is 0 Å². The van der Waals surface area contributed by atoms with Crippen LogP contribution in [0.5, 0.6) is 0 Å². The molecule has 64 heavy (non-hydrogen) atoms. The molecular weight excluding hydrogens is 775 g/mol. The Labute approximate surface area is 377 Å². The molecule has 1 aliphatic rings. The summed E-state index contributed by atoms with van der Waals surface area (Å²) in [4.78, 5) is 2.50. The molecule has 1 heterocycles. The third kappa shape index (κ3) is 6.38. The van der Waals surface area contributed by atoms with Crippen LogP contribution in [-0.2, 0) is 16.2 Å². The van der Waals surface area contributed by atoms with E-state index in [4.69, 9.17) is 4.42 Å². The van der Waals surface area contributed by atoms with Gasteiger partial charge in [0.1, 0.15) is 11.2 Å². The maximum Gasteiger partial charge on any atom is 0.143 e. The predicted molar refractivity (Wildman–Crippen MR) is 272 cm³/mol. The number of benzene rings is 9. The number of furan rings is 1. The molecular formula is C62H53NO. The Balaban J connectivity index is 1.16. The molecule has 10 aromatic rings. The first-order valence-corrected chi connectivity index (χ1v) is 22.7. The van der Waals surface area contributed by atoms with Gasteiger partial charge in [-0.05, 0) is 115 Å². The van der Waals surface area contributed by atoms with Crippen LogP contribution in [0.2, 0.25) is 0 Å². The molecule has 0 amide bonds. The molecule has 2 heteroatoms. The Morgan fingerprint density at radius 1 is 0.438 bits per heavy atom. The molecule has 0 spiro atoms. The second-order valence-corrected chi connectivity index (χ2v) is 19.9. The molecule has 312 valence electrons. The van der Waals surface area contributed by atoms with E-state index >= 15 is 0 Å². The first-order chi connectivity index (χ1) is 30.9. The van der Waals surface area contributed by atoms with E-state index in [-0.39, 0.29) is 16.2 Å². The third-order valence-electron chi connectivity index (χ3n) is 13.9. The van der Waals surface area contributed by atoms with Gasteiger partial charge >= 0.3 is 0 Å². The largest absolute Gasteiger partial charge is 0.455 e. The van der Waals surface area contributed by atoms with Crippen molar-refractivity contribution in [1.29, 1.82) is 0 Å². The molecule has 0 aliphatic heterocycles. The topological polar surface area (TPSA) is 16.4 Å². The molecule has 2 nitrogen and oxygen atoms in total. The van der Waals surface area contributed by atoms with Crippen molar-refractivity contribution in [2.45, 2.75) is 64.7 Å². The van der Waals surface area contributed by atoms with Crippen LogP contribution in [0.1, 0.15) is 76.3 Å². The van der Waals surface area contributed by atoms with Gasteiger partial charge in [-0.1, -0.05) is 199 Å². The summed E-state index contributed by atoms with van der Waals surface area (Å²) in [5.41, 5.74) is 18.5.